The SMILES string of the molecule is CN(C)c1ccccc1NN1CCCC1=O. The highest BCUT2D eigenvalue weighted by Crippen LogP contribution is 2.25. The van der Waals surface area contributed by atoms with Crippen LogP contribution in [0.5, 0.6) is 0 Å². The fourth-order valence-corrected chi connectivity index (χ4v) is 1.87. The molecule has 0 aromatic heterocycles. The zero-order chi connectivity index (χ0) is 11.5. The summed E-state index contributed by atoms with van der Waals surface area (Å²) in [5.74, 6) is 0.175. The average Bonchev–Trinajstić information content (AvgIpc) is 2.65. The van der Waals surface area contributed by atoms with E-state index in [2.05, 4.69) is 5.43 Å². The standard InChI is InChI=1S/C12H17N3O/c1-14(2)11-7-4-3-6-10(11)13-15-9-5-8-12(15)16/h3-4,6-7,13H,5,8-9H2,1-2H3. The van der Waals surface area contributed by atoms with E-state index in [0.717, 1.165) is 24.3 Å². The molecule has 1 N–H and O–H groups in total. The molecule has 1 aromatic carbocycles. The average molecular weight is 219 g/mol. The van der Waals surface area contributed by atoms with Gasteiger partial charge in [0.15, 0.2) is 0 Å². The highest BCUT2D eigenvalue weighted by atomic mass is 16.2. The number of carbonyl (C=O) groups is 1. The van der Waals surface area contributed by atoms with Crippen molar-refractivity contribution >= 4 is 17.3 Å². The second-order valence-electron chi connectivity index (χ2n) is 4.17. The van der Waals surface area contributed by atoms with Gasteiger partial charge < -0.3 is 4.90 Å². The number of carbonyl (C=O) groups excluding carboxylic acids is 1. The summed E-state index contributed by atoms with van der Waals surface area (Å²) >= 11 is 0. The van der Waals surface area contributed by atoms with Crippen LogP contribution < -0.4 is 10.3 Å². The number of benzene rings is 1. The third kappa shape index (κ3) is 2.10. The van der Waals surface area contributed by atoms with Gasteiger partial charge in [-0.2, -0.15) is 0 Å². The van der Waals surface area contributed by atoms with E-state index in [9.17, 15) is 4.79 Å². The van der Waals surface area contributed by atoms with Crippen LogP contribution in [-0.2, 0) is 4.79 Å². The first-order chi connectivity index (χ1) is 7.68. The van der Waals surface area contributed by atoms with Crippen molar-refractivity contribution in [3.05, 3.63) is 24.3 Å². The van der Waals surface area contributed by atoms with Crippen LogP contribution in [0.25, 0.3) is 0 Å². The molecule has 0 bridgehead atoms. The maximum absolute atomic E-state index is 11.5. The van der Waals surface area contributed by atoms with Gasteiger partial charge in [0.2, 0.25) is 5.91 Å². The Morgan fingerprint density at radius 2 is 2.06 bits per heavy atom. The van der Waals surface area contributed by atoms with Crippen LogP contribution in [0.3, 0.4) is 0 Å². The van der Waals surface area contributed by atoms with Crippen molar-refractivity contribution in [1.82, 2.24) is 5.01 Å². The van der Waals surface area contributed by atoms with Gasteiger partial charge in [-0.1, -0.05) is 12.1 Å². The van der Waals surface area contributed by atoms with Crippen LogP contribution in [0.4, 0.5) is 11.4 Å². The van der Waals surface area contributed by atoms with E-state index < -0.39 is 0 Å². The number of rotatable bonds is 3. The topological polar surface area (TPSA) is 35.6 Å². The first-order valence-electron chi connectivity index (χ1n) is 5.52. The number of para-hydroxylation sites is 2. The van der Waals surface area contributed by atoms with Gasteiger partial charge in [0.25, 0.3) is 0 Å². The van der Waals surface area contributed by atoms with Gasteiger partial charge in [0.1, 0.15) is 0 Å². The van der Waals surface area contributed by atoms with E-state index in [1.807, 2.05) is 43.3 Å². The Morgan fingerprint density at radius 3 is 2.69 bits per heavy atom. The smallest absolute Gasteiger partial charge is 0.240 e. The summed E-state index contributed by atoms with van der Waals surface area (Å²) in [4.78, 5) is 13.5. The van der Waals surface area contributed by atoms with E-state index in [0.29, 0.717) is 6.42 Å². The summed E-state index contributed by atoms with van der Waals surface area (Å²) in [6.07, 6.45) is 1.59. The summed E-state index contributed by atoms with van der Waals surface area (Å²) < 4.78 is 0. The van der Waals surface area contributed by atoms with Crippen LogP contribution in [0.2, 0.25) is 0 Å². The number of hydrogen-bond acceptors (Lipinski definition) is 3. The number of amides is 1. The third-order valence-electron chi connectivity index (χ3n) is 2.71. The van der Waals surface area contributed by atoms with E-state index >= 15 is 0 Å². The molecule has 1 fully saturated rings. The molecule has 16 heavy (non-hydrogen) atoms. The molecule has 1 heterocycles. The Hall–Kier alpha value is -1.71. The minimum absolute atomic E-state index is 0.175. The molecule has 0 aliphatic carbocycles. The number of anilines is 2. The van der Waals surface area contributed by atoms with Gasteiger partial charge in [-0.3, -0.25) is 15.2 Å². The summed E-state index contributed by atoms with van der Waals surface area (Å²) in [6.45, 7) is 0.792. The van der Waals surface area contributed by atoms with Crippen LogP contribution in [0, 0.1) is 0 Å². The van der Waals surface area contributed by atoms with Crippen LogP contribution in [-0.4, -0.2) is 31.6 Å². The molecule has 1 aromatic rings. The normalized spacial score (nSPS) is 15.4. The molecule has 86 valence electrons. The fourth-order valence-electron chi connectivity index (χ4n) is 1.87. The largest absolute Gasteiger partial charge is 0.376 e. The number of nitrogens with zero attached hydrogens (tertiary/aromatic N) is 2. The third-order valence-corrected chi connectivity index (χ3v) is 2.71. The van der Waals surface area contributed by atoms with Crippen molar-refractivity contribution in [2.24, 2.45) is 0 Å². The minimum Gasteiger partial charge on any atom is -0.376 e. The Labute approximate surface area is 95.8 Å². The molecule has 2 rings (SSSR count). The van der Waals surface area contributed by atoms with Gasteiger partial charge in [-0.15, -0.1) is 0 Å². The van der Waals surface area contributed by atoms with Gasteiger partial charge in [-0.05, 0) is 18.6 Å². The fraction of sp³-hybridized carbons (Fsp3) is 0.417. The van der Waals surface area contributed by atoms with Crippen LogP contribution in [0.15, 0.2) is 24.3 Å². The zero-order valence-corrected chi connectivity index (χ0v) is 9.73. The molecular formula is C12H17N3O. The van der Waals surface area contributed by atoms with E-state index in [1.54, 1.807) is 5.01 Å². The maximum Gasteiger partial charge on any atom is 0.240 e. The van der Waals surface area contributed by atoms with Crippen molar-refractivity contribution < 1.29 is 4.79 Å². The van der Waals surface area contributed by atoms with Gasteiger partial charge >= 0.3 is 0 Å². The van der Waals surface area contributed by atoms with Crippen LogP contribution >= 0.6 is 0 Å². The highest BCUT2D eigenvalue weighted by Gasteiger charge is 2.20. The quantitative estimate of drug-likeness (QED) is 0.840. The first-order valence-corrected chi connectivity index (χ1v) is 5.52. The van der Waals surface area contributed by atoms with Crippen molar-refractivity contribution in [2.45, 2.75) is 12.8 Å². The number of nitrogens with one attached hydrogen (secondary N) is 1. The molecule has 1 aliphatic rings. The molecule has 1 saturated heterocycles. The molecule has 1 aliphatic heterocycles. The molecule has 0 unspecified atom stereocenters. The Bertz CT molecular complexity index is 390. The van der Waals surface area contributed by atoms with E-state index in [1.165, 1.54) is 0 Å². The summed E-state index contributed by atoms with van der Waals surface area (Å²) in [7, 11) is 3.98. The lowest BCUT2D eigenvalue weighted by atomic mass is 10.2. The maximum atomic E-state index is 11.5. The molecule has 0 spiro atoms. The summed E-state index contributed by atoms with van der Waals surface area (Å²) in [6, 6.07) is 7.98. The van der Waals surface area contributed by atoms with Gasteiger partial charge in [0, 0.05) is 27.1 Å². The highest BCUT2D eigenvalue weighted by molar-refractivity contribution is 5.81. The molecule has 4 heteroatoms. The molecular weight excluding hydrogens is 202 g/mol. The lowest BCUT2D eigenvalue weighted by Gasteiger charge is -2.23. The van der Waals surface area contributed by atoms with Gasteiger partial charge in [-0.25, -0.2) is 0 Å². The van der Waals surface area contributed by atoms with Gasteiger partial charge in [0.05, 0.1) is 11.4 Å². The van der Waals surface area contributed by atoms with Crippen molar-refractivity contribution in [2.75, 3.05) is 31.0 Å². The number of hydrazine groups is 1. The molecule has 1 amide bonds. The molecule has 0 radical (unpaired) electrons. The molecule has 0 atom stereocenters. The van der Waals surface area contributed by atoms with Crippen molar-refractivity contribution in [1.29, 1.82) is 0 Å². The first kappa shape index (κ1) is 10.8. The Balaban J connectivity index is 2.17. The lowest BCUT2D eigenvalue weighted by molar-refractivity contribution is -0.126. The molecule has 0 saturated carbocycles. The lowest BCUT2D eigenvalue weighted by Crippen LogP contribution is -2.31. The van der Waals surface area contributed by atoms with E-state index in [4.69, 9.17) is 0 Å². The molecule has 4 nitrogen and oxygen atoms in total. The van der Waals surface area contributed by atoms with Crippen molar-refractivity contribution in [3.63, 3.8) is 0 Å². The minimum atomic E-state index is 0.175. The number of hydrogen-bond donors (Lipinski definition) is 1. The van der Waals surface area contributed by atoms with Crippen LogP contribution in [0.1, 0.15) is 12.8 Å². The monoisotopic (exact) mass is 219 g/mol. The zero-order valence-electron chi connectivity index (χ0n) is 9.73. The predicted molar refractivity (Wildman–Crippen MR) is 65.3 cm³/mol. The van der Waals surface area contributed by atoms with Crippen molar-refractivity contribution in [3.8, 4) is 0 Å². The summed E-state index contributed by atoms with van der Waals surface area (Å²) in [5.41, 5.74) is 5.24. The summed E-state index contributed by atoms with van der Waals surface area (Å²) in [5, 5.41) is 1.70. The second kappa shape index (κ2) is 4.43. The Morgan fingerprint density at radius 1 is 1.31 bits per heavy atom. The second-order valence-corrected chi connectivity index (χ2v) is 4.17. The predicted octanol–water partition coefficient (Wildman–Crippen LogP) is 1.70. The Kier molecular flexibility index (Phi) is 2.99. The van der Waals surface area contributed by atoms with E-state index in [-0.39, 0.29) is 5.91 Å².